The Kier molecular flexibility index (Phi) is 5.33. The minimum absolute atomic E-state index is 0.0596. The van der Waals surface area contributed by atoms with E-state index in [1.165, 1.54) is 16.8 Å². The number of hydrogen-bond donors (Lipinski definition) is 0. The summed E-state index contributed by atoms with van der Waals surface area (Å²) >= 11 is 1.62. The Labute approximate surface area is 188 Å². The predicted octanol–water partition coefficient (Wildman–Crippen LogP) is 4.17. The number of hydrogen-bond acceptors (Lipinski definition) is 4. The number of thiophene rings is 1. The number of rotatable bonds is 4. The number of carbonyl (C=O) groups is 1. The first-order valence-corrected chi connectivity index (χ1v) is 11.7. The summed E-state index contributed by atoms with van der Waals surface area (Å²) in [5.74, 6) is 0.113. The van der Waals surface area contributed by atoms with Crippen molar-refractivity contribution in [3.8, 4) is 0 Å². The summed E-state index contributed by atoms with van der Waals surface area (Å²) in [7, 11) is 0. The van der Waals surface area contributed by atoms with E-state index in [0.29, 0.717) is 18.0 Å². The van der Waals surface area contributed by atoms with E-state index in [2.05, 4.69) is 18.1 Å². The smallest absolute Gasteiger partial charge is 0.291 e. The Balaban J connectivity index is 1.57. The van der Waals surface area contributed by atoms with Crippen molar-refractivity contribution in [1.29, 1.82) is 0 Å². The fourth-order valence-corrected chi connectivity index (χ4v) is 5.64. The summed E-state index contributed by atoms with van der Waals surface area (Å²) in [4.78, 5) is 29.3. The first-order valence-electron chi connectivity index (χ1n) is 10.9. The van der Waals surface area contributed by atoms with Gasteiger partial charge in [-0.25, -0.2) is 9.07 Å². The Bertz CT molecular complexity index is 1370. The van der Waals surface area contributed by atoms with Crippen LogP contribution in [0.15, 0.2) is 41.3 Å². The van der Waals surface area contributed by atoms with E-state index in [-0.39, 0.29) is 23.8 Å². The van der Waals surface area contributed by atoms with Crippen LogP contribution < -0.4 is 5.56 Å². The monoisotopic (exact) mass is 452 g/mol. The maximum absolute atomic E-state index is 13.5. The van der Waals surface area contributed by atoms with Crippen LogP contribution in [0.2, 0.25) is 0 Å². The molecule has 1 amide bonds. The van der Waals surface area contributed by atoms with Crippen molar-refractivity contribution in [2.24, 2.45) is 5.92 Å². The van der Waals surface area contributed by atoms with Gasteiger partial charge >= 0.3 is 0 Å². The average Bonchev–Trinajstić information content (AvgIpc) is 3.28. The highest BCUT2D eigenvalue weighted by atomic mass is 32.1. The van der Waals surface area contributed by atoms with Crippen molar-refractivity contribution >= 4 is 38.4 Å². The number of aryl methyl sites for hydroxylation is 1. The summed E-state index contributed by atoms with van der Waals surface area (Å²) < 4.78 is 17.6. The second kappa shape index (κ2) is 8.16. The summed E-state index contributed by atoms with van der Waals surface area (Å²) in [6.45, 7) is 6.02. The van der Waals surface area contributed by atoms with Gasteiger partial charge < -0.3 is 9.47 Å². The van der Waals surface area contributed by atoms with Crippen LogP contribution in [-0.2, 0) is 17.9 Å². The maximum atomic E-state index is 13.5. The van der Waals surface area contributed by atoms with Crippen molar-refractivity contribution < 1.29 is 9.18 Å². The van der Waals surface area contributed by atoms with Gasteiger partial charge in [0.15, 0.2) is 0 Å². The molecule has 1 atom stereocenters. The number of halogens is 1. The molecule has 1 saturated heterocycles. The summed E-state index contributed by atoms with van der Waals surface area (Å²) in [6, 6.07) is 8.37. The van der Waals surface area contributed by atoms with Gasteiger partial charge in [0, 0.05) is 29.9 Å². The molecule has 0 aliphatic carbocycles. The normalized spacial score (nSPS) is 16.8. The Hall–Kier alpha value is -3.00. The summed E-state index contributed by atoms with van der Waals surface area (Å²) in [5.41, 5.74) is 2.12. The minimum atomic E-state index is -0.292. The zero-order valence-electron chi connectivity index (χ0n) is 18.2. The van der Waals surface area contributed by atoms with Crippen molar-refractivity contribution in [1.82, 2.24) is 19.2 Å². The maximum Gasteiger partial charge on any atom is 0.291 e. The molecule has 6 nitrogen and oxygen atoms in total. The Morgan fingerprint density at radius 1 is 1.28 bits per heavy atom. The van der Waals surface area contributed by atoms with Crippen LogP contribution in [0.4, 0.5) is 4.39 Å². The molecule has 4 heterocycles. The molecule has 3 aromatic heterocycles. The number of amides is 1. The number of piperidine rings is 1. The molecule has 1 aliphatic heterocycles. The third kappa shape index (κ3) is 3.72. The van der Waals surface area contributed by atoms with Gasteiger partial charge in [-0.3, -0.25) is 9.59 Å². The molecule has 4 aromatic rings. The van der Waals surface area contributed by atoms with Crippen molar-refractivity contribution in [2.75, 3.05) is 13.1 Å². The van der Waals surface area contributed by atoms with E-state index < -0.39 is 0 Å². The van der Waals surface area contributed by atoms with Gasteiger partial charge in [-0.1, -0.05) is 19.1 Å². The second-order valence-corrected chi connectivity index (χ2v) is 10.00. The van der Waals surface area contributed by atoms with Crippen LogP contribution in [0, 0.1) is 18.7 Å². The molecule has 166 valence electrons. The zero-order valence-corrected chi connectivity index (χ0v) is 19.0. The average molecular weight is 453 g/mol. The van der Waals surface area contributed by atoms with E-state index in [9.17, 15) is 14.0 Å². The number of nitrogens with zero attached hydrogens (tertiary/aromatic N) is 4. The van der Waals surface area contributed by atoms with Crippen molar-refractivity contribution in [3.05, 3.63) is 63.1 Å². The van der Waals surface area contributed by atoms with Gasteiger partial charge in [0.2, 0.25) is 5.91 Å². The second-order valence-electron chi connectivity index (χ2n) is 8.74. The quantitative estimate of drug-likeness (QED) is 0.467. The van der Waals surface area contributed by atoms with E-state index >= 15 is 0 Å². The molecule has 8 heteroatoms. The zero-order chi connectivity index (χ0) is 22.4. The number of likely N-dealkylation sites (tertiary alicyclic amines) is 1. The van der Waals surface area contributed by atoms with E-state index in [4.69, 9.17) is 0 Å². The molecule has 32 heavy (non-hydrogen) atoms. The van der Waals surface area contributed by atoms with Crippen LogP contribution in [0.5, 0.6) is 0 Å². The molecule has 1 aromatic carbocycles. The number of carbonyl (C=O) groups excluding carboxylic acids is 1. The summed E-state index contributed by atoms with van der Waals surface area (Å²) in [5, 5.41) is 5.14. The van der Waals surface area contributed by atoms with Crippen LogP contribution >= 0.6 is 11.3 Å². The van der Waals surface area contributed by atoms with Crippen LogP contribution in [0.3, 0.4) is 0 Å². The molecule has 0 saturated carbocycles. The van der Waals surface area contributed by atoms with E-state index in [1.54, 1.807) is 29.7 Å². The lowest BCUT2D eigenvalue weighted by molar-refractivity contribution is -0.133. The van der Waals surface area contributed by atoms with Gasteiger partial charge in [-0.2, -0.15) is 5.10 Å². The first-order chi connectivity index (χ1) is 15.4. The van der Waals surface area contributed by atoms with Crippen LogP contribution in [0.25, 0.3) is 21.1 Å². The van der Waals surface area contributed by atoms with Gasteiger partial charge in [-0.15, -0.1) is 11.3 Å². The van der Waals surface area contributed by atoms with Crippen LogP contribution in [-0.4, -0.2) is 38.2 Å². The largest absolute Gasteiger partial charge is 0.341 e. The highest BCUT2D eigenvalue weighted by molar-refractivity contribution is 7.20. The van der Waals surface area contributed by atoms with Gasteiger partial charge in [0.05, 0.1) is 16.4 Å². The first kappa shape index (κ1) is 20.9. The molecule has 5 rings (SSSR count). The van der Waals surface area contributed by atoms with Crippen molar-refractivity contribution in [2.45, 2.75) is 39.8 Å². The standard InChI is InChI=1S/C24H25FN4O2S/c1-15-4-3-9-27(12-15)21(30)14-29-24(31)22-19(11-26-29)23-20(10-16(2)32-23)28(22)13-17-5-7-18(25)8-6-17/h5-8,10-11,15H,3-4,9,12-14H2,1-2H3. The van der Waals surface area contributed by atoms with Gasteiger partial charge in [-0.05, 0) is 49.4 Å². The molecule has 0 bridgehead atoms. The molecule has 0 N–H and O–H groups in total. The van der Waals surface area contributed by atoms with E-state index in [1.807, 2.05) is 16.4 Å². The number of fused-ring (bicyclic) bond motifs is 3. The molecule has 1 aliphatic rings. The number of benzene rings is 1. The minimum Gasteiger partial charge on any atom is -0.341 e. The molecule has 1 fully saturated rings. The Morgan fingerprint density at radius 2 is 2.06 bits per heavy atom. The molecule has 1 unspecified atom stereocenters. The highest BCUT2D eigenvalue weighted by Crippen LogP contribution is 2.34. The lowest BCUT2D eigenvalue weighted by atomic mass is 10.0. The highest BCUT2D eigenvalue weighted by Gasteiger charge is 2.23. The Morgan fingerprint density at radius 3 is 2.81 bits per heavy atom. The van der Waals surface area contributed by atoms with E-state index in [0.717, 1.165) is 52.0 Å². The third-order valence-corrected chi connectivity index (χ3v) is 7.28. The fourth-order valence-electron chi connectivity index (χ4n) is 4.61. The lowest BCUT2D eigenvalue weighted by Crippen LogP contribution is -2.42. The number of aromatic nitrogens is 3. The van der Waals surface area contributed by atoms with Gasteiger partial charge in [0.25, 0.3) is 5.56 Å². The fraction of sp³-hybridized carbons (Fsp3) is 0.375. The van der Waals surface area contributed by atoms with Crippen LogP contribution in [0.1, 0.15) is 30.2 Å². The molecule has 0 spiro atoms. The molecule has 0 radical (unpaired) electrons. The topological polar surface area (TPSA) is 60.1 Å². The van der Waals surface area contributed by atoms with Gasteiger partial charge in [0.1, 0.15) is 17.9 Å². The van der Waals surface area contributed by atoms with Crippen molar-refractivity contribution in [3.63, 3.8) is 0 Å². The molecular formula is C24H25FN4O2S. The lowest BCUT2D eigenvalue weighted by Gasteiger charge is -2.30. The SMILES string of the molecule is Cc1cc2c(s1)c1cnn(CC(=O)N3CCCC(C)C3)c(=O)c1n2Cc1ccc(F)cc1. The predicted molar refractivity (Wildman–Crippen MR) is 125 cm³/mol. The molecular weight excluding hydrogens is 427 g/mol. The third-order valence-electron chi connectivity index (χ3n) is 6.21. The summed E-state index contributed by atoms with van der Waals surface area (Å²) in [6.07, 6.45) is 3.81.